The van der Waals surface area contributed by atoms with Crippen LogP contribution in [0.15, 0.2) is 133 Å². The summed E-state index contributed by atoms with van der Waals surface area (Å²) in [4.78, 5) is 72.2. The summed E-state index contributed by atoms with van der Waals surface area (Å²) in [5.41, 5.74) is 24.8. The number of rotatable bonds is 20. The van der Waals surface area contributed by atoms with Crippen LogP contribution in [0.25, 0.3) is 10.8 Å². The van der Waals surface area contributed by atoms with E-state index in [9.17, 15) is 28.8 Å². The number of amides is 1. The second-order valence-corrected chi connectivity index (χ2v) is 16.8. The number of amidine groups is 1. The molecule has 0 aliphatic rings. The molecule has 6 rings (SSSR count). The van der Waals surface area contributed by atoms with Crippen molar-refractivity contribution in [3.63, 3.8) is 0 Å². The molecule has 0 radical (unpaired) electrons. The van der Waals surface area contributed by atoms with E-state index >= 15 is 0 Å². The number of hydrogen-bond donors (Lipinski definition) is 11. The average Bonchev–Trinajstić information content (AvgIpc) is 3.40. The highest BCUT2D eigenvalue weighted by atomic mass is 16.6. The van der Waals surface area contributed by atoms with Gasteiger partial charge in [0.05, 0.1) is 29.7 Å². The van der Waals surface area contributed by atoms with E-state index < -0.39 is 23.9 Å². The molecule has 1 amide bonds. The number of unbranched alkanes of at least 4 members (excludes halogenated alkanes) is 2. The number of nitrogens with one attached hydrogen (secondary N) is 7. The molecule has 15 N–H and O–H groups in total. The molecule has 0 unspecified atom stereocenters. The number of carbonyl (C=O) groups is 6. The third-order valence-corrected chi connectivity index (χ3v) is 10.4. The number of benzene rings is 6. The average molecular weight is 1070 g/mol. The lowest BCUT2D eigenvalue weighted by Gasteiger charge is -2.10. The van der Waals surface area contributed by atoms with Crippen molar-refractivity contribution in [1.82, 2.24) is 10.2 Å². The van der Waals surface area contributed by atoms with E-state index in [1.54, 1.807) is 136 Å². The maximum atomic E-state index is 12.3. The highest BCUT2D eigenvalue weighted by Crippen LogP contribution is 2.24. The predicted molar refractivity (Wildman–Crippen MR) is 295 cm³/mol. The summed E-state index contributed by atoms with van der Waals surface area (Å²) < 4.78 is 25.7. The van der Waals surface area contributed by atoms with Crippen LogP contribution in [-0.4, -0.2) is 98.2 Å². The summed E-state index contributed by atoms with van der Waals surface area (Å²) in [5, 5.41) is 38.6. The standard InChI is InChI=1S/C20H22N4O5.C19H17N5O2.C16H23N3O4/c1-24(2)17(25)12-28-18(26)11-13-3-9-16(10-4-13)29-19(27)14-5-7-15(8-6-14)23-20(21)22;20-17(21)14-2-1-13-10-16(8-5-12(13)9-14)26-18(25)11-3-6-15(7-4-11)24-19(22)23;1-2-22-15(21)12-7-9-13(10-8-12)23-14(20)6-4-3-5-11-19-16(17)18/h3-10H,11-12H2,1-2H3,(H4,21,22,23);1-10H,(H3,20,21)(H4,22,23,24);7-10H,2-6,11H2,1H3,(H4,17,18,19). The number of nitrogen functional groups attached to an aromatic ring is 1. The Morgan fingerprint density at radius 2 is 0.974 bits per heavy atom. The van der Waals surface area contributed by atoms with Gasteiger partial charge >= 0.3 is 29.8 Å². The van der Waals surface area contributed by atoms with Crippen molar-refractivity contribution >= 4 is 81.6 Å². The summed E-state index contributed by atoms with van der Waals surface area (Å²) in [6, 6.07) is 36.1. The van der Waals surface area contributed by atoms with E-state index in [1.807, 2.05) is 18.2 Å². The van der Waals surface area contributed by atoms with Gasteiger partial charge in [0.2, 0.25) is 0 Å². The lowest BCUT2D eigenvalue weighted by Crippen LogP contribution is -2.30. The van der Waals surface area contributed by atoms with Crippen LogP contribution in [0, 0.1) is 21.6 Å². The Hall–Kier alpha value is -10.3. The van der Waals surface area contributed by atoms with E-state index in [2.05, 4.69) is 16.0 Å². The molecule has 0 spiro atoms. The van der Waals surface area contributed by atoms with E-state index in [1.165, 1.54) is 4.90 Å². The second kappa shape index (κ2) is 30.8. The molecular formula is C55H62N12O11. The highest BCUT2D eigenvalue weighted by Gasteiger charge is 2.14. The zero-order chi connectivity index (χ0) is 57.1. The number of ether oxygens (including phenoxy) is 5. The minimum absolute atomic E-state index is 0.000450. The number of carbonyl (C=O) groups excluding carboxylic acids is 6. The van der Waals surface area contributed by atoms with Gasteiger partial charge in [0.15, 0.2) is 24.5 Å². The van der Waals surface area contributed by atoms with Crippen LogP contribution in [-0.2, 0) is 30.3 Å². The van der Waals surface area contributed by atoms with Gasteiger partial charge in [-0.2, -0.15) is 0 Å². The van der Waals surface area contributed by atoms with Crippen LogP contribution < -0.4 is 53.1 Å². The molecule has 0 aromatic heterocycles. The summed E-state index contributed by atoms with van der Waals surface area (Å²) in [5.74, 6) is -1.84. The van der Waals surface area contributed by atoms with Gasteiger partial charge in [-0.15, -0.1) is 0 Å². The van der Waals surface area contributed by atoms with Crippen molar-refractivity contribution in [3.05, 3.63) is 161 Å². The Labute approximate surface area is 449 Å². The topological polar surface area (TPSA) is 387 Å². The Morgan fingerprint density at radius 3 is 1.50 bits per heavy atom. The first kappa shape index (κ1) is 60.2. The number of likely N-dealkylation sites (N-methyl/N-ethyl adjacent to an activating group) is 1. The highest BCUT2D eigenvalue weighted by molar-refractivity contribution is 6.00. The molecule has 23 nitrogen and oxygen atoms in total. The monoisotopic (exact) mass is 1070 g/mol. The second-order valence-electron chi connectivity index (χ2n) is 16.8. The molecular weight excluding hydrogens is 1000 g/mol. The molecule has 0 saturated carbocycles. The first-order valence-electron chi connectivity index (χ1n) is 23.9. The van der Waals surface area contributed by atoms with E-state index in [-0.39, 0.29) is 48.6 Å². The van der Waals surface area contributed by atoms with E-state index in [4.69, 9.17) is 68.3 Å². The molecule has 0 aliphatic carbocycles. The van der Waals surface area contributed by atoms with Crippen LogP contribution in [0.1, 0.15) is 74.8 Å². The molecule has 78 heavy (non-hydrogen) atoms. The molecule has 6 aromatic rings. The fourth-order valence-electron chi connectivity index (χ4n) is 6.49. The lowest BCUT2D eigenvalue weighted by atomic mass is 10.1. The maximum Gasteiger partial charge on any atom is 0.343 e. The Bertz CT molecular complexity index is 3080. The number of esters is 5. The van der Waals surface area contributed by atoms with Crippen molar-refractivity contribution in [2.24, 2.45) is 22.9 Å². The smallest absolute Gasteiger partial charge is 0.343 e. The largest absolute Gasteiger partial charge is 0.462 e. The third-order valence-electron chi connectivity index (χ3n) is 10.4. The quantitative estimate of drug-likeness (QED) is 0.0140. The van der Waals surface area contributed by atoms with Crippen LogP contribution in [0.4, 0.5) is 11.4 Å². The van der Waals surface area contributed by atoms with Crippen molar-refractivity contribution in [3.8, 4) is 17.2 Å². The molecule has 0 atom stereocenters. The van der Waals surface area contributed by atoms with Crippen molar-refractivity contribution in [1.29, 1.82) is 21.6 Å². The summed E-state index contributed by atoms with van der Waals surface area (Å²) >= 11 is 0. The first-order valence-corrected chi connectivity index (χ1v) is 23.9. The van der Waals surface area contributed by atoms with Crippen molar-refractivity contribution in [2.45, 2.75) is 39.0 Å². The first-order chi connectivity index (χ1) is 37.2. The van der Waals surface area contributed by atoms with E-state index in [0.29, 0.717) is 82.4 Å². The summed E-state index contributed by atoms with van der Waals surface area (Å²) in [7, 11) is 3.15. The Kier molecular flexibility index (Phi) is 23.8. The molecule has 0 heterocycles. The van der Waals surface area contributed by atoms with Crippen LogP contribution in [0.2, 0.25) is 0 Å². The number of fused-ring (bicyclic) bond motifs is 1. The van der Waals surface area contributed by atoms with Gasteiger partial charge < -0.3 is 67.5 Å². The van der Waals surface area contributed by atoms with Crippen molar-refractivity contribution in [2.75, 3.05) is 44.5 Å². The number of guanidine groups is 3. The molecule has 0 aliphatic heterocycles. The van der Waals surface area contributed by atoms with Gasteiger partial charge in [-0.25, -0.2) is 14.4 Å². The van der Waals surface area contributed by atoms with E-state index in [0.717, 1.165) is 23.6 Å². The van der Waals surface area contributed by atoms with Crippen LogP contribution in [0.5, 0.6) is 17.2 Å². The SMILES string of the molecule is CCOC(=O)c1ccc(OC(=O)CCCCCNC(=N)N)cc1.CN(C)C(=O)COC(=O)Cc1ccc(OC(=O)c2ccc(NC(=N)N)cc2)cc1.N=C(N)Nc1ccc(C(=O)Oc2ccc3cc(C(=N)N)ccc3c2)cc1. The third kappa shape index (κ3) is 21.6. The van der Waals surface area contributed by atoms with Gasteiger partial charge in [0, 0.05) is 44.0 Å². The molecule has 0 saturated heterocycles. The van der Waals surface area contributed by atoms with Crippen LogP contribution in [0.3, 0.4) is 0 Å². The summed E-state index contributed by atoms with van der Waals surface area (Å²) in [6.07, 6.45) is 2.71. The molecule has 0 bridgehead atoms. The van der Waals surface area contributed by atoms with Gasteiger partial charge in [0.25, 0.3) is 5.91 Å². The zero-order valence-electron chi connectivity index (χ0n) is 43.1. The van der Waals surface area contributed by atoms with Crippen LogP contribution >= 0.6 is 0 Å². The van der Waals surface area contributed by atoms with Gasteiger partial charge in [0.1, 0.15) is 23.1 Å². The summed E-state index contributed by atoms with van der Waals surface area (Å²) in [6.45, 7) is 2.38. The fraction of sp³-hybridized carbons (Fsp3) is 0.200. The Balaban J connectivity index is 0.000000254. The molecule has 0 fully saturated rings. The number of nitrogens with zero attached hydrogens (tertiary/aromatic N) is 1. The van der Waals surface area contributed by atoms with Gasteiger partial charge in [-0.1, -0.05) is 36.8 Å². The van der Waals surface area contributed by atoms with Crippen molar-refractivity contribution < 1.29 is 52.5 Å². The zero-order valence-corrected chi connectivity index (χ0v) is 43.1. The predicted octanol–water partition coefficient (Wildman–Crippen LogP) is 5.85. The normalized spacial score (nSPS) is 10.1. The number of nitrogens with two attached hydrogens (primary N) is 4. The minimum atomic E-state index is -0.547. The molecule has 408 valence electrons. The number of anilines is 2. The lowest BCUT2D eigenvalue weighted by molar-refractivity contribution is -0.150. The van der Waals surface area contributed by atoms with Gasteiger partial charge in [-0.05, 0) is 139 Å². The minimum Gasteiger partial charge on any atom is -0.462 e. The fourth-order valence-corrected chi connectivity index (χ4v) is 6.49. The Morgan fingerprint density at radius 1 is 0.500 bits per heavy atom. The molecule has 6 aromatic carbocycles. The number of hydrogen-bond acceptors (Lipinski definition) is 15. The van der Waals surface area contributed by atoms with Gasteiger partial charge in [-0.3, -0.25) is 36.0 Å². The molecule has 23 heteroatoms. The maximum absolute atomic E-state index is 12.3.